The predicted molar refractivity (Wildman–Crippen MR) is 81.5 cm³/mol. The molecule has 0 saturated heterocycles. The minimum absolute atomic E-state index is 0.149. The molecule has 6 nitrogen and oxygen atoms in total. The van der Waals surface area contributed by atoms with E-state index in [4.69, 9.17) is 16.3 Å². The topological polar surface area (TPSA) is 73.2 Å². The number of aromatic nitrogens is 2. The van der Waals surface area contributed by atoms with Crippen LogP contribution in [0.5, 0.6) is 5.75 Å². The minimum atomic E-state index is -3.70. The lowest BCUT2D eigenvalue weighted by Crippen LogP contribution is -2.13. The number of aryl methyl sites for hydroxylation is 2. The fourth-order valence-corrected chi connectivity index (χ4v) is 3.36. The third-order valence-electron chi connectivity index (χ3n) is 2.92. The van der Waals surface area contributed by atoms with Gasteiger partial charge in [-0.15, -0.1) is 0 Å². The molecular formula is C13H16ClN3O3S. The molecule has 8 heteroatoms. The van der Waals surface area contributed by atoms with Crippen LogP contribution in [0.15, 0.2) is 29.3 Å². The zero-order chi connectivity index (χ0) is 15.6. The molecule has 0 atom stereocenters. The number of methoxy groups -OCH3 is 1. The van der Waals surface area contributed by atoms with Crippen LogP contribution in [0.1, 0.15) is 12.6 Å². The van der Waals surface area contributed by atoms with Crippen LogP contribution in [0.3, 0.4) is 0 Å². The summed E-state index contributed by atoms with van der Waals surface area (Å²) in [6.07, 6.45) is 1.50. The third kappa shape index (κ3) is 3.30. The van der Waals surface area contributed by atoms with Crippen LogP contribution in [-0.4, -0.2) is 25.3 Å². The molecule has 0 spiro atoms. The zero-order valence-electron chi connectivity index (χ0n) is 11.9. The van der Waals surface area contributed by atoms with E-state index in [-0.39, 0.29) is 4.90 Å². The summed E-state index contributed by atoms with van der Waals surface area (Å²) in [6, 6.07) is 4.68. The molecule has 1 aromatic carbocycles. The summed E-state index contributed by atoms with van der Waals surface area (Å²) >= 11 is 5.99. The van der Waals surface area contributed by atoms with Crippen LogP contribution in [0.25, 0.3) is 0 Å². The molecule has 0 fully saturated rings. The number of nitrogens with zero attached hydrogens (tertiary/aromatic N) is 2. The van der Waals surface area contributed by atoms with Crippen molar-refractivity contribution in [3.05, 3.63) is 35.1 Å². The number of rotatable bonds is 5. The van der Waals surface area contributed by atoms with E-state index in [9.17, 15) is 8.42 Å². The first-order chi connectivity index (χ1) is 9.87. The summed E-state index contributed by atoms with van der Waals surface area (Å²) in [5.74, 6) is 0.481. The van der Waals surface area contributed by atoms with E-state index in [2.05, 4.69) is 9.82 Å². The maximum absolute atomic E-state index is 12.4. The molecule has 2 aromatic rings. The predicted octanol–water partition coefficient (Wildman–Crippen LogP) is 2.67. The van der Waals surface area contributed by atoms with E-state index < -0.39 is 10.0 Å². The second-order valence-electron chi connectivity index (χ2n) is 4.39. The Kier molecular flexibility index (Phi) is 4.43. The normalized spacial score (nSPS) is 11.4. The van der Waals surface area contributed by atoms with Crippen LogP contribution in [0.2, 0.25) is 5.02 Å². The average Bonchev–Trinajstić information content (AvgIpc) is 2.81. The number of benzene rings is 1. The minimum Gasteiger partial charge on any atom is -0.495 e. The largest absolute Gasteiger partial charge is 0.495 e. The van der Waals surface area contributed by atoms with Crippen LogP contribution in [0, 0.1) is 6.92 Å². The lowest BCUT2D eigenvalue weighted by Gasteiger charge is -2.09. The highest BCUT2D eigenvalue weighted by Crippen LogP contribution is 2.28. The van der Waals surface area contributed by atoms with E-state index >= 15 is 0 Å². The fourth-order valence-electron chi connectivity index (χ4n) is 1.87. The van der Waals surface area contributed by atoms with Crippen molar-refractivity contribution >= 4 is 27.3 Å². The summed E-state index contributed by atoms with van der Waals surface area (Å²) in [5.41, 5.74) is 0.813. The Hall–Kier alpha value is -1.73. The number of hydrogen-bond acceptors (Lipinski definition) is 4. The van der Waals surface area contributed by atoms with Crippen LogP contribution < -0.4 is 9.46 Å². The molecule has 0 aliphatic rings. The van der Waals surface area contributed by atoms with Gasteiger partial charge in [0.05, 0.1) is 23.5 Å². The van der Waals surface area contributed by atoms with Crippen LogP contribution in [0.4, 0.5) is 5.69 Å². The van der Waals surface area contributed by atoms with Gasteiger partial charge < -0.3 is 4.74 Å². The highest BCUT2D eigenvalue weighted by molar-refractivity contribution is 7.92. The molecule has 0 unspecified atom stereocenters. The van der Waals surface area contributed by atoms with E-state index in [1.165, 1.54) is 19.4 Å². The zero-order valence-corrected chi connectivity index (χ0v) is 13.5. The van der Waals surface area contributed by atoms with Crippen LogP contribution in [-0.2, 0) is 16.6 Å². The average molecular weight is 330 g/mol. The number of halogens is 1. The van der Waals surface area contributed by atoms with Crippen molar-refractivity contribution in [2.45, 2.75) is 25.3 Å². The first kappa shape index (κ1) is 15.7. The van der Waals surface area contributed by atoms with Crippen molar-refractivity contribution < 1.29 is 13.2 Å². The van der Waals surface area contributed by atoms with Gasteiger partial charge in [-0.2, -0.15) is 5.10 Å². The Labute approximate surface area is 128 Å². The Bertz CT molecular complexity index is 756. The Morgan fingerprint density at radius 3 is 2.67 bits per heavy atom. The van der Waals surface area contributed by atoms with Gasteiger partial charge in [-0.3, -0.25) is 9.40 Å². The third-order valence-corrected chi connectivity index (χ3v) is 4.70. The van der Waals surface area contributed by atoms with E-state index in [0.29, 0.717) is 28.7 Å². The number of sulfonamides is 1. The second kappa shape index (κ2) is 5.95. The monoisotopic (exact) mass is 329 g/mol. The SMILES string of the molecule is CCn1cc(S(=O)(=O)Nc2ccc(OC)c(Cl)c2)c(C)n1. The molecule has 0 amide bonds. The van der Waals surface area contributed by atoms with Crippen molar-refractivity contribution in [1.82, 2.24) is 9.78 Å². The first-order valence-corrected chi connectivity index (χ1v) is 8.14. The van der Waals surface area contributed by atoms with E-state index in [0.717, 1.165) is 0 Å². The van der Waals surface area contributed by atoms with Crippen molar-refractivity contribution in [3.8, 4) is 5.75 Å². The van der Waals surface area contributed by atoms with Gasteiger partial charge in [-0.25, -0.2) is 8.42 Å². The van der Waals surface area contributed by atoms with Gasteiger partial charge in [0.25, 0.3) is 10.0 Å². The van der Waals surface area contributed by atoms with Gasteiger partial charge in [0.1, 0.15) is 10.6 Å². The lowest BCUT2D eigenvalue weighted by molar-refractivity contribution is 0.415. The number of hydrogen-bond donors (Lipinski definition) is 1. The summed E-state index contributed by atoms with van der Waals surface area (Å²) in [5, 5.41) is 4.47. The molecule has 0 radical (unpaired) electrons. The molecule has 0 aliphatic carbocycles. The van der Waals surface area contributed by atoms with Crippen LogP contribution >= 0.6 is 11.6 Å². The van der Waals surface area contributed by atoms with E-state index in [1.807, 2.05) is 6.92 Å². The fraction of sp³-hybridized carbons (Fsp3) is 0.308. The first-order valence-electron chi connectivity index (χ1n) is 6.27. The molecule has 1 N–H and O–H groups in total. The standard InChI is InChI=1S/C13H16ClN3O3S/c1-4-17-8-13(9(2)15-17)21(18,19)16-10-5-6-12(20-3)11(14)7-10/h5-8,16H,4H2,1-3H3. The Balaban J connectivity index is 2.32. The van der Waals surface area contributed by atoms with Gasteiger partial charge in [0, 0.05) is 12.7 Å². The van der Waals surface area contributed by atoms with Crippen molar-refractivity contribution in [3.63, 3.8) is 0 Å². The highest BCUT2D eigenvalue weighted by atomic mass is 35.5. The second-order valence-corrected chi connectivity index (χ2v) is 6.45. The number of anilines is 1. The van der Waals surface area contributed by atoms with Gasteiger partial charge in [0.15, 0.2) is 0 Å². The Morgan fingerprint density at radius 2 is 2.14 bits per heavy atom. The van der Waals surface area contributed by atoms with Gasteiger partial charge >= 0.3 is 0 Å². The quantitative estimate of drug-likeness (QED) is 0.915. The molecule has 0 aliphatic heterocycles. The molecule has 21 heavy (non-hydrogen) atoms. The molecule has 2 rings (SSSR count). The van der Waals surface area contributed by atoms with Crippen molar-refractivity contribution in [2.75, 3.05) is 11.8 Å². The molecule has 0 saturated carbocycles. The number of ether oxygens (including phenoxy) is 1. The highest BCUT2D eigenvalue weighted by Gasteiger charge is 2.20. The summed E-state index contributed by atoms with van der Waals surface area (Å²) in [7, 11) is -2.21. The lowest BCUT2D eigenvalue weighted by atomic mass is 10.3. The maximum Gasteiger partial charge on any atom is 0.265 e. The van der Waals surface area contributed by atoms with Gasteiger partial charge in [-0.1, -0.05) is 11.6 Å². The van der Waals surface area contributed by atoms with E-state index in [1.54, 1.807) is 23.7 Å². The summed E-state index contributed by atoms with van der Waals surface area (Å²) in [4.78, 5) is 0.149. The molecule has 114 valence electrons. The molecule has 1 aromatic heterocycles. The van der Waals surface area contributed by atoms with Crippen molar-refractivity contribution in [2.24, 2.45) is 0 Å². The molecule has 1 heterocycles. The summed E-state index contributed by atoms with van der Waals surface area (Å²) in [6.45, 7) is 4.14. The maximum atomic E-state index is 12.4. The smallest absolute Gasteiger partial charge is 0.265 e. The van der Waals surface area contributed by atoms with Crippen molar-refractivity contribution in [1.29, 1.82) is 0 Å². The summed E-state index contributed by atoms with van der Waals surface area (Å²) < 4.78 is 33.8. The number of nitrogens with one attached hydrogen (secondary N) is 1. The van der Waals surface area contributed by atoms with Gasteiger partial charge in [0.2, 0.25) is 0 Å². The Morgan fingerprint density at radius 1 is 1.43 bits per heavy atom. The molecule has 0 bridgehead atoms. The molecular weight excluding hydrogens is 314 g/mol. The van der Waals surface area contributed by atoms with Gasteiger partial charge in [-0.05, 0) is 32.0 Å².